The molecular weight excluding hydrogens is 722 g/mol. The number of carboxylic acid groups (broad SMARTS) is 1. The van der Waals surface area contributed by atoms with Crippen molar-refractivity contribution in [1.29, 1.82) is 0 Å². The molecule has 21 nitrogen and oxygen atoms in total. The lowest BCUT2D eigenvalue weighted by Crippen LogP contribution is -2.61. The van der Waals surface area contributed by atoms with Gasteiger partial charge in [0.05, 0.1) is 13.2 Å². The van der Waals surface area contributed by atoms with Crippen LogP contribution in [0.2, 0.25) is 0 Å². The number of aliphatic hydroxyl groups is 3. The monoisotopic (exact) mass is 759 g/mol. The number of ether oxygens (including phenoxy) is 5. The third-order valence-corrected chi connectivity index (χ3v) is 9.33. The number of carboxylic acids is 1. The summed E-state index contributed by atoms with van der Waals surface area (Å²) in [7, 11) is -4.73. The molecule has 3 aliphatic rings. The summed E-state index contributed by atoms with van der Waals surface area (Å²) in [5.41, 5.74) is -1.73. The summed E-state index contributed by atoms with van der Waals surface area (Å²) in [5, 5.41) is 42.8. The summed E-state index contributed by atoms with van der Waals surface area (Å²) in [6, 6.07) is 4.21. The highest BCUT2D eigenvalue weighted by Crippen LogP contribution is 2.42. The smallest absolute Gasteiger partial charge is 0.335 e. The Balaban J connectivity index is 1.26. The van der Waals surface area contributed by atoms with Gasteiger partial charge in [0.2, 0.25) is 18.1 Å². The van der Waals surface area contributed by atoms with Crippen molar-refractivity contribution in [3.05, 3.63) is 35.9 Å². The molecule has 1 saturated heterocycles. The van der Waals surface area contributed by atoms with Crippen molar-refractivity contribution in [1.82, 2.24) is 15.5 Å². The second-order valence-electron chi connectivity index (χ2n) is 11.8. The van der Waals surface area contributed by atoms with E-state index in [9.17, 15) is 62.2 Å². The van der Waals surface area contributed by atoms with Crippen LogP contribution < -0.4 is 20.1 Å². The van der Waals surface area contributed by atoms with Crippen LogP contribution in [0.25, 0.3) is 0 Å². The fraction of sp³-hybridized carbons (Fsp3) is 0.533. The third kappa shape index (κ3) is 9.78. The number of hydrogen-bond donors (Lipinski definition) is 7. The SMILES string of the molecule is CC(=O)OCc1ccc(OCCOCCNC(=O)C2(NC(=O)CCN3C(=O)C=CC3=O)CC2S(=O)(=O)O)cc1O[C@@H]1O[C@H](C(=O)O)[C@@H](O)[C@H](O)[C@H]1O. The minimum Gasteiger partial charge on any atom is -0.491 e. The van der Waals surface area contributed by atoms with E-state index in [-0.39, 0.29) is 56.6 Å². The molecule has 0 spiro atoms. The van der Waals surface area contributed by atoms with Gasteiger partial charge in [-0.05, 0) is 12.1 Å². The highest BCUT2D eigenvalue weighted by atomic mass is 32.2. The first kappa shape index (κ1) is 40.1. The Morgan fingerprint density at radius 1 is 1.02 bits per heavy atom. The Bertz CT molecular complexity index is 1680. The molecule has 2 aliphatic heterocycles. The van der Waals surface area contributed by atoms with Gasteiger partial charge in [0.15, 0.2) is 6.10 Å². The number of aliphatic carboxylic acids is 1. The van der Waals surface area contributed by atoms with Crippen molar-refractivity contribution in [3.63, 3.8) is 0 Å². The minimum absolute atomic E-state index is 0.0472. The quantitative estimate of drug-likeness (QED) is 0.0329. The average molecular weight is 760 g/mol. The van der Waals surface area contributed by atoms with Gasteiger partial charge in [0, 0.05) is 56.6 Å². The predicted molar refractivity (Wildman–Crippen MR) is 167 cm³/mol. The number of amides is 4. The molecule has 2 fully saturated rings. The first-order valence-corrected chi connectivity index (χ1v) is 17.1. The van der Waals surface area contributed by atoms with E-state index in [0.717, 1.165) is 24.0 Å². The fourth-order valence-corrected chi connectivity index (χ4v) is 6.37. The molecule has 4 amide bonds. The van der Waals surface area contributed by atoms with E-state index >= 15 is 0 Å². The molecular formula is C30H37N3O18S. The Kier molecular flexibility index (Phi) is 12.9. The first-order valence-electron chi connectivity index (χ1n) is 15.6. The van der Waals surface area contributed by atoms with Crippen LogP contribution in [0.4, 0.5) is 0 Å². The van der Waals surface area contributed by atoms with Crippen molar-refractivity contribution < 1.29 is 85.8 Å². The van der Waals surface area contributed by atoms with Crippen molar-refractivity contribution in [2.24, 2.45) is 0 Å². The van der Waals surface area contributed by atoms with E-state index < -0.39 is 100 Å². The number of imide groups is 1. The standard InChI is InChI=1S/C30H37N3O18S/c1-15(34)49-14-16-2-3-17(12-18(16)50-28-25(40)23(38)24(39)26(51-28)27(41)42)48-11-10-47-9-7-31-29(43)30(13-19(30)52(44,45)46)32-20(35)6-8-33-21(36)4-5-22(33)37/h2-5,12,19,23-26,28,38-40H,6-11,13-14H2,1H3,(H,31,43)(H,32,35)(H,41,42)(H,44,45,46)/t19?,23-,24-,25+,26-,28+,30?/m0/s1. The van der Waals surface area contributed by atoms with E-state index in [1.54, 1.807) is 0 Å². The number of aliphatic hydroxyl groups excluding tert-OH is 3. The Morgan fingerprint density at radius 3 is 2.33 bits per heavy atom. The molecule has 0 aromatic heterocycles. The highest BCUT2D eigenvalue weighted by molar-refractivity contribution is 7.87. The number of nitrogens with one attached hydrogen (secondary N) is 2. The maximum absolute atomic E-state index is 12.9. The zero-order chi connectivity index (χ0) is 38.4. The van der Waals surface area contributed by atoms with Gasteiger partial charge >= 0.3 is 11.9 Å². The molecule has 7 N–H and O–H groups in total. The van der Waals surface area contributed by atoms with Crippen LogP contribution in [-0.2, 0) is 59.7 Å². The van der Waals surface area contributed by atoms with E-state index in [1.807, 2.05) is 0 Å². The molecule has 0 bridgehead atoms. The van der Waals surface area contributed by atoms with Gasteiger partial charge in [-0.1, -0.05) is 0 Å². The van der Waals surface area contributed by atoms with Gasteiger partial charge in [-0.3, -0.25) is 33.4 Å². The molecule has 1 saturated carbocycles. The number of benzene rings is 1. The van der Waals surface area contributed by atoms with Gasteiger partial charge in [-0.25, -0.2) is 4.79 Å². The highest BCUT2D eigenvalue weighted by Gasteiger charge is 2.67. The van der Waals surface area contributed by atoms with Crippen LogP contribution in [0, 0.1) is 0 Å². The summed E-state index contributed by atoms with van der Waals surface area (Å²) in [6.07, 6.45) is -8.22. The van der Waals surface area contributed by atoms with Gasteiger partial charge < -0.3 is 54.7 Å². The lowest BCUT2D eigenvalue weighted by atomic mass is 9.99. The third-order valence-electron chi connectivity index (χ3n) is 8.04. The van der Waals surface area contributed by atoms with E-state index in [2.05, 4.69) is 10.6 Å². The molecule has 2 heterocycles. The molecule has 286 valence electrons. The van der Waals surface area contributed by atoms with Gasteiger partial charge in [0.25, 0.3) is 21.9 Å². The number of rotatable bonds is 18. The lowest BCUT2D eigenvalue weighted by molar-refractivity contribution is -0.271. The first-order chi connectivity index (χ1) is 24.4. The van der Waals surface area contributed by atoms with Crippen LogP contribution in [0.5, 0.6) is 11.5 Å². The minimum atomic E-state index is -4.73. The van der Waals surface area contributed by atoms with Gasteiger partial charge in [0.1, 0.15) is 53.8 Å². The van der Waals surface area contributed by atoms with Crippen molar-refractivity contribution in [3.8, 4) is 11.5 Å². The van der Waals surface area contributed by atoms with E-state index in [0.29, 0.717) is 0 Å². The summed E-state index contributed by atoms with van der Waals surface area (Å²) >= 11 is 0. The Labute approximate surface area is 295 Å². The Morgan fingerprint density at radius 2 is 1.71 bits per heavy atom. The summed E-state index contributed by atoms with van der Waals surface area (Å²) in [5.74, 6) is -5.17. The molecule has 4 rings (SSSR count). The average Bonchev–Trinajstić information content (AvgIpc) is 3.74. The number of hydrogen-bond acceptors (Lipinski definition) is 16. The molecule has 0 radical (unpaired) electrons. The zero-order valence-corrected chi connectivity index (χ0v) is 28.2. The molecule has 1 aromatic carbocycles. The molecule has 1 aliphatic carbocycles. The second kappa shape index (κ2) is 16.8. The van der Waals surface area contributed by atoms with Crippen molar-refractivity contribution >= 4 is 45.7 Å². The molecule has 2 unspecified atom stereocenters. The number of esters is 1. The van der Waals surface area contributed by atoms with Crippen molar-refractivity contribution in [2.75, 3.05) is 32.9 Å². The van der Waals surface area contributed by atoms with Gasteiger partial charge in [-0.15, -0.1) is 0 Å². The number of carbonyl (C=O) groups is 6. The molecule has 7 atom stereocenters. The van der Waals surface area contributed by atoms with Crippen LogP contribution in [0.3, 0.4) is 0 Å². The van der Waals surface area contributed by atoms with Crippen LogP contribution in [0.15, 0.2) is 30.4 Å². The predicted octanol–water partition coefficient (Wildman–Crippen LogP) is -3.64. The summed E-state index contributed by atoms with van der Waals surface area (Å²) in [4.78, 5) is 72.4. The maximum atomic E-state index is 12.9. The zero-order valence-electron chi connectivity index (χ0n) is 27.4. The van der Waals surface area contributed by atoms with Crippen LogP contribution in [0.1, 0.15) is 25.3 Å². The maximum Gasteiger partial charge on any atom is 0.335 e. The molecule has 52 heavy (non-hydrogen) atoms. The molecule has 22 heteroatoms. The summed E-state index contributed by atoms with van der Waals surface area (Å²) < 4.78 is 59.9. The fourth-order valence-electron chi connectivity index (χ4n) is 5.22. The van der Waals surface area contributed by atoms with E-state index in [4.69, 9.17) is 23.7 Å². The molecule has 1 aromatic rings. The number of carbonyl (C=O) groups excluding carboxylic acids is 5. The van der Waals surface area contributed by atoms with Crippen molar-refractivity contribution in [2.45, 2.75) is 67.9 Å². The largest absolute Gasteiger partial charge is 0.491 e. The summed E-state index contributed by atoms with van der Waals surface area (Å²) in [6.45, 7) is 0.172. The lowest BCUT2D eigenvalue weighted by Gasteiger charge is -2.38. The Hall–Kier alpha value is -4.71. The second-order valence-corrected chi connectivity index (χ2v) is 13.4. The number of nitrogens with zero attached hydrogens (tertiary/aromatic N) is 1. The van der Waals surface area contributed by atoms with E-state index in [1.165, 1.54) is 18.2 Å². The van der Waals surface area contributed by atoms with Gasteiger partial charge in [-0.2, -0.15) is 8.42 Å². The topological polar surface area (TPSA) is 311 Å². The van der Waals surface area contributed by atoms with Crippen LogP contribution >= 0.6 is 0 Å². The van der Waals surface area contributed by atoms with Crippen LogP contribution in [-0.4, -0.2) is 148 Å². The normalized spacial score (nSPS) is 26.8.